The Labute approximate surface area is 177 Å². The lowest BCUT2D eigenvalue weighted by Gasteiger charge is -2.19. The van der Waals surface area contributed by atoms with Gasteiger partial charge in [0.2, 0.25) is 15.9 Å². The lowest BCUT2D eigenvalue weighted by atomic mass is 10.0. The van der Waals surface area contributed by atoms with E-state index in [2.05, 4.69) is 15.4 Å². The number of benzene rings is 2. The highest BCUT2D eigenvalue weighted by molar-refractivity contribution is 7.89. The molecule has 2 aromatic carbocycles. The number of hydrogen-bond acceptors (Lipinski definition) is 4. The van der Waals surface area contributed by atoms with E-state index < -0.39 is 22.0 Å². The molecule has 8 heteroatoms. The van der Waals surface area contributed by atoms with Gasteiger partial charge in [-0.1, -0.05) is 30.3 Å². The molecule has 1 fully saturated rings. The van der Waals surface area contributed by atoms with Crippen LogP contribution in [-0.4, -0.2) is 38.4 Å². The van der Waals surface area contributed by atoms with Crippen LogP contribution in [0.4, 0.5) is 0 Å². The second-order valence-corrected chi connectivity index (χ2v) is 9.51. The predicted octanol–water partition coefficient (Wildman–Crippen LogP) is 1.99. The third kappa shape index (κ3) is 6.14. The first kappa shape index (κ1) is 22.0. The van der Waals surface area contributed by atoms with E-state index in [1.165, 1.54) is 24.3 Å². The first-order valence-corrected chi connectivity index (χ1v) is 11.5. The molecule has 0 aliphatic heterocycles. The van der Waals surface area contributed by atoms with Gasteiger partial charge in [0.15, 0.2) is 0 Å². The molecule has 0 saturated heterocycles. The van der Waals surface area contributed by atoms with E-state index in [-0.39, 0.29) is 28.4 Å². The highest BCUT2D eigenvalue weighted by atomic mass is 32.2. The lowest BCUT2D eigenvalue weighted by molar-refractivity contribution is -0.123. The summed E-state index contributed by atoms with van der Waals surface area (Å²) in [6.07, 6.45) is 2.28. The minimum absolute atomic E-state index is 0.0834. The van der Waals surface area contributed by atoms with Gasteiger partial charge < -0.3 is 10.6 Å². The second kappa shape index (κ2) is 9.40. The number of carbonyl (C=O) groups is 2. The molecule has 0 spiro atoms. The van der Waals surface area contributed by atoms with Gasteiger partial charge in [0.25, 0.3) is 5.91 Å². The van der Waals surface area contributed by atoms with Crippen LogP contribution in [0.25, 0.3) is 0 Å². The van der Waals surface area contributed by atoms with E-state index in [1.807, 2.05) is 30.3 Å². The molecule has 160 valence electrons. The first-order chi connectivity index (χ1) is 14.2. The third-order valence-electron chi connectivity index (χ3n) is 4.65. The Morgan fingerprint density at radius 2 is 1.63 bits per heavy atom. The van der Waals surface area contributed by atoms with Crippen molar-refractivity contribution in [3.63, 3.8) is 0 Å². The molecule has 1 aliphatic rings. The molecule has 30 heavy (non-hydrogen) atoms. The number of amides is 2. The molecule has 1 atom stereocenters. The van der Waals surface area contributed by atoms with E-state index in [9.17, 15) is 18.0 Å². The van der Waals surface area contributed by atoms with Crippen LogP contribution >= 0.6 is 0 Å². The van der Waals surface area contributed by atoms with Crippen molar-refractivity contribution in [2.75, 3.05) is 0 Å². The van der Waals surface area contributed by atoms with Crippen LogP contribution in [0.15, 0.2) is 59.5 Å². The van der Waals surface area contributed by atoms with Crippen LogP contribution in [0.5, 0.6) is 0 Å². The number of sulfonamides is 1. The van der Waals surface area contributed by atoms with Crippen LogP contribution in [-0.2, 0) is 21.2 Å². The van der Waals surface area contributed by atoms with Gasteiger partial charge in [0, 0.05) is 24.1 Å². The molecule has 1 saturated carbocycles. The summed E-state index contributed by atoms with van der Waals surface area (Å²) < 4.78 is 27.0. The van der Waals surface area contributed by atoms with Crippen molar-refractivity contribution in [3.8, 4) is 0 Å². The molecule has 3 rings (SSSR count). The summed E-state index contributed by atoms with van der Waals surface area (Å²) >= 11 is 0. The molecule has 2 amide bonds. The maximum Gasteiger partial charge on any atom is 0.251 e. The first-order valence-electron chi connectivity index (χ1n) is 10.0. The van der Waals surface area contributed by atoms with Crippen LogP contribution in [0.1, 0.15) is 42.6 Å². The average molecular weight is 430 g/mol. The van der Waals surface area contributed by atoms with Crippen LogP contribution < -0.4 is 15.4 Å². The van der Waals surface area contributed by atoms with Crippen LogP contribution in [0.3, 0.4) is 0 Å². The van der Waals surface area contributed by atoms with E-state index in [4.69, 9.17) is 0 Å². The molecular formula is C22H27N3O4S. The third-order valence-corrected chi connectivity index (χ3v) is 6.32. The van der Waals surface area contributed by atoms with Crippen LogP contribution in [0, 0.1) is 0 Å². The van der Waals surface area contributed by atoms with Gasteiger partial charge in [-0.2, -0.15) is 0 Å². The van der Waals surface area contributed by atoms with Gasteiger partial charge in [0.1, 0.15) is 6.04 Å². The van der Waals surface area contributed by atoms with Gasteiger partial charge in [0.05, 0.1) is 4.90 Å². The van der Waals surface area contributed by atoms with Crippen molar-refractivity contribution in [2.45, 2.75) is 56.1 Å². The molecule has 0 bridgehead atoms. The fourth-order valence-corrected chi connectivity index (χ4v) is 4.24. The zero-order valence-corrected chi connectivity index (χ0v) is 17.9. The average Bonchev–Trinajstić information content (AvgIpc) is 3.51. The Morgan fingerprint density at radius 1 is 1.00 bits per heavy atom. The van der Waals surface area contributed by atoms with Crippen molar-refractivity contribution < 1.29 is 18.0 Å². The van der Waals surface area contributed by atoms with E-state index in [0.29, 0.717) is 6.42 Å². The highest BCUT2D eigenvalue weighted by Crippen LogP contribution is 2.19. The van der Waals surface area contributed by atoms with E-state index in [0.717, 1.165) is 18.4 Å². The largest absolute Gasteiger partial charge is 0.352 e. The van der Waals surface area contributed by atoms with Crippen molar-refractivity contribution in [3.05, 3.63) is 65.7 Å². The Kier molecular flexibility index (Phi) is 6.89. The number of carbonyl (C=O) groups excluding carboxylic acids is 2. The molecular weight excluding hydrogens is 402 g/mol. The van der Waals surface area contributed by atoms with Gasteiger partial charge in [-0.05, 0) is 56.5 Å². The van der Waals surface area contributed by atoms with Gasteiger partial charge >= 0.3 is 0 Å². The summed E-state index contributed by atoms with van der Waals surface area (Å²) in [7, 11) is -3.63. The molecule has 1 unspecified atom stereocenters. The second-order valence-electron chi connectivity index (χ2n) is 7.80. The topological polar surface area (TPSA) is 104 Å². The lowest BCUT2D eigenvalue weighted by Crippen LogP contribution is -2.48. The zero-order valence-electron chi connectivity index (χ0n) is 17.1. The molecule has 2 aromatic rings. The molecule has 1 aliphatic carbocycles. The Morgan fingerprint density at radius 3 is 2.20 bits per heavy atom. The van der Waals surface area contributed by atoms with Crippen molar-refractivity contribution >= 4 is 21.8 Å². The quantitative estimate of drug-likeness (QED) is 0.567. The smallest absolute Gasteiger partial charge is 0.251 e. The fraction of sp³-hybridized carbons (Fsp3) is 0.364. The Balaban J connectivity index is 1.72. The summed E-state index contributed by atoms with van der Waals surface area (Å²) in [4.78, 5) is 25.5. The fourth-order valence-electron chi connectivity index (χ4n) is 2.99. The van der Waals surface area contributed by atoms with Crippen molar-refractivity contribution in [1.82, 2.24) is 15.4 Å². The highest BCUT2D eigenvalue weighted by Gasteiger charge is 2.29. The van der Waals surface area contributed by atoms with Gasteiger partial charge in [-0.15, -0.1) is 0 Å². The Hall–Kier alpha value is -2.71. The summed E-state index contributed by atoms with van der Waals surface area (Å²) in [5.41, 5.74) is 1.23. The standard InChI is InChI=1S/C22H27N3O4S/c1-15(2)25-30(28,29)19-12-8-17(9-13-19)21(26)24-20(22(27)23-18-10-11-18)14-16-6-4-3-5-7-16/h3-9,12-13,15,18,20,25H,10-11,14H2,1-2H3,(H,23,27)(H,24,26). The number of rotatable bonds is 9. The summed E-state index contributed by atoms with van der Waals surface area (Å²) in [6, 6.07) is 14.4. The normalized spacial score (nSPS) is 14.9. The molecule has 0 radical (unpaired) electrons. The summed E-state index contributed by atoms with van der Waals surface area (Å²) in [5, 5.41) is 5.73. The summed E-state index contributed by atoms with van der Waals surface area (Å²) in [5.74, 6) is -0.641. The maximum absolute atomic E-state index is 12.7. The zero-order chi connectivity index (χ0) is 21.7. The van der Waals surface area contributed by atoms with Gasteiger partial charge in [-0.25, -0.2) is 13.1 Å². The SMILES string of the molecule is CC(C)NS(=O)(=O)c1ccc(C(=O)NC(Cc2ccccc2)C(=O)NC2CC2)cc1. The monoisotopic (exact) mass is 429 g/mol. The predicted molar refractivity (Wildman–Crippen MR) is 114 cm³/mol. The van der Waals surface area contributed by atoms with Gasteiger partial charge in [-0.3, -0.25) is 9.59 Å². The maximum atomic E-state index is 12.7. The molecule has 0 heterocycles. The van der Waals surface area contributed by atoms with Crippen molar-refractivity contribution in [2.24, 2.45) is 0 Å². The molecule has 0 aromatic heterocycles. The van der Waals surface area contributed by atoms with Crippen molar-refractivity contribution in [1.29, 1.82) is 0 Å². The minimum Gasteiger partial charge on any atom is -0.352 e. The van der Waals surface area contributed by atoms with Crippen LogP contribution in [0.2, 0.25) is 0 Å². The number of nitrogens with one attached hydrogen (secondary N) is 3. The number of hydrogen-bond donors (Lipinski definition) is 3. The Bertz CT molecular complexity index is 985. The molecule has 3 N–H and O–H groups in total. The van der Waals surface area contributed by atoms with E-state index >= 15 is 0 Å². The summed E-state index contributed by atoms with van der Waals surface area (Å²) in [6.45, 7) is 3.47. The molecule has 7 nitrogen and oxygen atoms in total. The van der Waals surface area contributed by atoms with E-state index in [1.54, 1.807) is 13.8 Å². The minimum atomic E-state index is -3.63.